The summed E-state index contributed by atoms with van der Waals surface area (Å²) in [5.74, 6) is 0.340. The number of hydrogen-bond donors (Lipinski definition) is 2. The first kappa shape index (κ1) is 15.3. The Morgan fingerprint density at radius 1 is 1.48 bits per heavy atom. The number of nitrogens with one attached hydrogen (secondary N) is 1. The maximum Gasteiger partial charge on any atom is 0.269 e. The summed E-state index contributed by atoms with van der Waals surface area (Å²) in [7, 11) is 0. The molecule has 1 aromatic heterocycles. The number of nitrogens with zero attached hydrogens (tertiary/aromatic N) is 2. The van der Waals surface area contributed by atoms with E-state index in [0.717, 1.165) is 0 Å². The van der Waals surface area contributed by atoms with Crippen LogP contribution in [0.5, 0.6) is 0 Å². The van der Waals surface area contributed by atoms with Crippen molar-refractivity contribution < 1.29 is 9.59 Å². The summed E-state index contributed by atoms with van der Waals surface area (Å²) >= 11 is 0. The standard InChI is InChI=1S/C15H22N4O2/c1-15(2,3)19-9-10(7-13(19)20)8-17-14(21)11-5-4-6-12(16)18-11/h4-6,10H,7-9H2,1-3H3,(H2,16,18)(H,17,21). The Kier molecular flexibility index (Phi) is 4.16. The number of amides is 2. The van der Waals surface area contributed by atoms with Crippen LogP contribution in [0.15, 0.2) is 18.2 Å². The Morgan fingerprint density at radius 3 is 2.76 bits per heavy atom. The van der Waals surface area contributed by atoms with Gasteiger partial charge in [0.15, 0.2) is 0 Å². The maximum absolute atomic E-state index is 12.0. The lowest BCUT2D eigenvalue weighted by atomic mass is 10.1. The highest BCUT2D eigenvalue weighted by Crippen LogP contribution is 2.25. The number of nitrogen functional groups attached to an aromatic ring is 1. The van der Waals surface area contributed by atoms with E-state index in [-0.39, 0.29) is 23.3 Å². The van der Waals surface area contributed by atoms with Crippen molar-refractivity contribution in [3.8, 4) is 0 Å². The Morgan fingerprint density at radius 2 is 2.19 bits per heavy atom. The molecule has 21 heavy (non-hydrogen) atoms. The van der Waals surface area contributed by atoms with Crippen LogP contribution >= 0.6 is 0 Å². The third kappa shape index (κ3) is 3.71. The lowest BCUT2D eigenvalue weighted by Crippen LogP contribution is -2.42. The molecule has 1 atom stereocenters. The van der Waals surface area contributed by atoms with Crippen LogP contribution in [0.1, 0.15) is 37.7 Å². The first-order valence-corrected chi connectivity index (χ1v) is 7.08. The highest BCUT2D eigenvalue weighted by molar-refractivity contribution is 5.92. The van der Waals surface area contributed by atoms with Crippen LogP contribution in [-0.4, -0.2) is 40.3 Å². The summed E-state index contributed by atoms with van der Waals surface area (Å²) in [4.78, 5) is 29.8. The van der Waals surface area contributed by atoms with Crippen molar-refractivity contribution in [1.82, 2.24) is 15.2 Å². The Balaban J connectivity index is 1.90. The van der Waals surface area contributed by atoms with Gasteiger partial charge in [0.1, 0.15) is 11.5 Å². The van der Waals surface area contributed by atoms with Crippen LogP contribution in [0.3, 0.4) is 0 Å². The minimum absolute atomic E-state index is 0.140. The van der Waals surface area contributed by atoms with Crippen molar-refractivity contribution in [1.29, 1.82) is 0 Å². The summed E-state index contributed by atoms with van der Waals surface area (Å²) in [6.45, 7) is 7.19. The third-order valence-corrected chi connectivity index (χ3v) is 3.57. The molecule has 1 unspecified atom stereocenters. The SMILES string of the molecule is CC(C)(C)N1CC(CNC(=O)c2cccc(N)n2)CC1=O. The minimum Gasteiger partial charge on any atom is -0.384 e. The van der Waals surface area contributed by atoms with Crippen molar-refractivity contribution in [2.24, 2.45) is 5.92 Å². The van der Waals surface area contributed by atoms with Crippen LogP contribution in [0.2, 0.25) is 0 Å². The molecule has 0 spiro atoms. The second-order valence-electron chi connectivity index (χ2n) is 6.40. The number of pyridine rings is 1. The lowest BCUT2D eigenvalue weighted by Gasteiger charge is -2.32. The fourth-order valence-corrected chi connectivity index (χ4v) is 2.47. The smallest absolute Gasteiger partial charge is 0.269 e. The zero-order chi connectivity index (χ0) is 15.6. The van der Waals surface area contributed by atoms with Gasteiger partial charge in [0.2, 0.25) is 5.91 Å². The Bertz CT molecular complexity index is 551. The summed E-state index contributed by atoms with van der Waals surface area (Å²) in [5, 5.41) is 2.82. The average Bonchev–Trinajstić information content (AvgIpc) is 2.77. The lowest BCUT2D eigenvalue weighted by molar-refractivity contribution is -0.131. The number of carbonyl (C=O) groups is 2. The molecule has 0 radical (unpaired) electrons. The summed E-state index contributed by atoms with van der Waals surface area (Å²) in [5.41, 5.74) is 5.68. The van der Waals surface area contributed by atoms with Gasteiger partial charge in [0.25, 0.3) is 5.91 Å². The number of hydrogen-bond acceptors (Lipinski definition) is 4. The molecular weight excluding hydrogens is 268 g/mol. The second-order valence-corrected chi connectivity index (χ2v) is 6.40. The maximum atomic E-state index is 12.0. The fraction of sp³-hybridized carbons (Fsp3) is 0.533. The third-order valence-electron chi connectivity index (χ3n) is 3.57. The molecule has 1 saturated heterocycles. The van der Waals surface area contributed by atoms with E-state index in [1.165, 1.54) is 0 Å². The predicted molar refractivity (Wildman–Crippen MR) is 80.6 cm³/mol. The number of carbonyl (C=O) groups excluding carboxylic acids is 2. The summed E-state index contributed by atoms with van der Waals surface area (Å²) in [6, 6.07) is 4.94. The molecule has 6 heteroatoms. The van der Waals surface area contributed by atoms with E-state index in [9.17, 15) is 9.59 Å². The van der Waals surface area contributed by atoms with Gasteiger partial charge < -0.3 is 16.0 Å². The van der Waals surface area contributed by atoms with Gasteiger partial charge in [-0.1, -0.05) is 6.07 Å². The normalized spacial score (nSPS) is 18.9. The first-order valence-electron chi connectivity index (χ1n) is 7.08. The molecule has 0 aromatic carbocycles. The van der Waals surface area contributed by atoms with E-state index in [2.05, 4.69) is 10.3 Å². The van der Waals surface area contributed by atoms with Gasteiger partial charge in [-0.15, -0.1) is 0 Å². The molecule has 3 N–H and O–H groups in total. The van der Waals surface area contributed by atoms with Crippen LogP contribution < -0.4 is 11.1 Å². The fourth-order valence-electron chi connectivity index (χ4n) is 2.47. The molecule has 0 saturated carbocycles. The van der Waals surface area contributed by atoms with Crippen molar-refractivity contribution in [2.45, 2.75) is 32.7 Å². The number of anilines is 1. The van der Waals surface area contributed by atoms with Gasteiger partial charge in [0.05, 0.1) is 0 Å². The molecule has 6 nitrogen and oxygen atoms in total. The van der Waals surface area contributed by atoms with Gasteiger partial charge >= 0.3 is 0 Å². The monoisotopic (exact) mass is 290 g/mol. The molecule has 0 aliphatic carbocycles. The highest BCUT2D eigenvalue weighted by atomic mass is 16.2. The van der Waals surface area contributed by atoms with Crippen molar-refractivity contribution >= 4 is 17.6 Å². The number of rotatable bonds is 3. The zero-order valence-corrected chi connectivity index (χ0v) is 12.7. The largest absolute Gasteiger partial charge is 0.384 e. The molecule has 2 heterocycles. The van der Waals surface area contributed by atoms with Gasteiger partial charge in [0, 0.05) is 31.0 Å². The minimum atomic E-state index is -0.260. The van der Waals surface area contributed by atoms with E-state index in [4.69, 9.17) is 5.73 Å². The van der Waals surface area contributed by atoms with Crippen LogP contribution in [-0.2, 0) is 4.79 Å². The van der Waals surface area contributed by atoms with Crippen molar-refractivity contribution in [2.75, 3.05) is 18.8 Å². The second kappa shape index (κ2) is 5.71. The van der Waals surface area contributed by atoms with Gasteiger partial charge in [-0.2, -0.15) is 0 Å². The van der Waals surface area contributed by atoms with Gasteiger partial charge in [-0.25, -0.2) is 4.98 Å². The quantitative estimate of drug-likeness (QED) is 0.870. The number of nitrogens with two attached hydrogens (primary N) is 1. The van der Waals surface area contributed by atoms with E-state index in [1.807, 2.05) is 25.7 Å². The average molecular weight is 290 g/mol. The Labute approximate surface area is 124 Å². The zero-order valence-electron chi connectivity index (χ0n) is 12.7. The number of aromatic nitrogens is 1. The van der Waals surface area contributed by atoms with Crippen LogP contribution in [0.25, 0.3) is 0 Å². The highest BCUT2D eigenvalue weighted by Gasteiger charge is 2.36. The Hall–Kier alpha value is -2.11. The summed E-state index contributed by atoms with van der Waals surface area (Å²) < 4.78 is 0. The summed E-state index contributed by atoms with van der Waals surface area (Å²) in [6.07, 6.45) is 0.474. The van der Waals surface area contributed by atoms with E-state index < -0.39 is 0 Å². The molecule has 1 aliphatic rings. The topological polar surface area (TPSA) is 88.3 Å². The van der Waals surface area contributed by atoms with Gasteiger partial charge in [-0.05, 0) is 32.9 Å². The van der Waals surface area contributed by atoms with Gasteiger partial charge in [-0.3, -0.25) is 9.59 Å². The first-order chi connectivity index (χ1) is 9.77. The van der Waals surface area contributed by atoms with E-state index in [0.29, 0.717) is 31.0 Å². The molecule has 1 aliphatic heterocycles. The van der Waals surface area contributed by atoms with Crippen LogP contribution in [0.4, 0.5) is 5.82 Å². The van der Waals surface area contributed by atoms with Crippen molar-refractivity contribution in [3.05, 3.63) is 23.9 Å². The number of likely N-dealkylation sites (tertiary alicyclic amines) is 1. The van der Waals surface area contributed by atoms with Crippen LogP contribution in [0, 0.1) is 5.92 Å². The molecular formula is C15H22N4O2. The van der Waals surface area contributed by atoms with E-state index in [1.54, 1.807) is 18.2 Å². The predicted octanol–water partition coefficient (Wildman–Crippen LogP) is 1.04. The van der Waals surface area contributed by atoms with Crippen molar-refractivity contribution in [3.63, 3.8) is 0 Å². The molecule has 2 amide bonds. The van der Waals surface area contributed by atoms with E-state index >= 15 is 0 Å². The molecule has 1 aromatic rings. The molecule has 1 fully saturated rings. The molecule has 0 bridgehead atoms. The molecule has 2 rings (SSSR count). The molecule has 114 valence electrons.